The lowest BCUT2D eigenvalue weighted by molar-refractivity contribution is -0.113. The third kappa shape index (κ3) is 4.38. The number of carbonyl (C=O) groups excluding carboxylic acids is 1. The Morgan fingerprint density at radius 1 is 1.50 bits per heavy atom. The van der Waals surface area contributed by atoms with Crippen molar-refractivity contribution >= 4 is 29.0 Å². The highest BCUT2D eigenvalue weighted by Gasteiger charge is 2.15. The Labute approximate surface area is 124 Å². The number of thioether (sulfide) groups is 1. The maximum Gasteiger partial charge on any atom is 0.234 e. The lowest BCUT2D eigenvalue weighted by Crippen LogP contribution is -2.30. The molecule has 2 N–H and O–H groups in total. The number of amides is 1. The van der Waals surface area contributed by atoms with Gasteiger partial charge in [0.15, 0.2) is 0 Å². The van der Waals surface area contributed by atoms with Crippen LogP contribution in [0, 0.1) is 0 Å². The molecule has 1 aliphatic rings. The minimum Gasteiger partial charge on any atom is -0.376 e. The first-order valence-corrected chi connectivity index (χ1v) is 7.95. The molecule has 110 valence electrons. The van der Waals surface area contributed by atoms with E-state index in [2.05, 4.69) is 15.6 Å². The number of pyridine rings is 1. The number of carbonyl (C=O) groups is 1. The Balaban J connectivity index is 1.85. The van der Waals surface area contributed by atoms with Crippen LogP contribution in [0.3, 0.4) is 0 Å². The van der Waals surface area contributed by atoms with Gasteiger partial charge in [0.1, 0.15) is 0 Å². The predicted molar refractivity (Wildman–Crippen MR) is 85.5 cm³/mol. The fourth-order valence-electron chi connectivity index (χ4n) is 2.22. The van der Waals surface area contributed by atoms with Crippen LogP contribution >= 0.6 is 11.8 Å². The second-order valence-electron chi connectivity index (χ2n) is 5.10. The molecule has 0 aromatic carbocycles. The molecule has 0 saturated carbocycles. The number of aromatic nitrogens is 1. The zero-order chi connectivity index (χ0) is 14.4. The van der Waals surface area contributed by atoms with Crippen molar-refractivity contribution in [1.82, 2.24) is 10.3 Å². The van der Waals surface area contributed by atoms with Crippen LogP contribution in [-0.4, -0.2) is 49.1 Å². The SMILES string of the molecule is CN(C)c1ccncc1NC(=O)CSC1CCNCC1. The molecule has 1 aromatic rings. The van der Waals surface area contributed by atoms with Crippen molar-refractivity contribution in [1.29, 1.82) is 0 Å². The van der Waals surface area contributed by atoms with Gasteiger partial charge in [-0.05, 0) is 32.0 Å². The molecule has 0 bridgehead atoms. The first kappa shape index (κ1) is 15.1. The number of rotatable bonds is 5. The summed E-state index contributed by atoms with van der Waals surface area (Å²) in [7, 11) is 3.91. The van der Waals surface area contributed by atoms with Gasteiger partial charge in [0, 0.05) is 25.5 Å². The lowest BCUT2D eigenvalue weighted by atomic mass is 10.2. The summed E-state index contributed by atoms with van der Waals surface area (Å²) in [5.41, 5.74) is 1.74. The number of nitrogens with zero attached hydrogens (tertiary/aromatic N) is 2. The quantitative estimate of drug-likeness (QED) is 0.863. The minimum atomic E-state index is 0.0460. The van der Waals surface area contributed by atoms with Crippen molar-refractivity contribution in [3.05, 3.63) is 18.5 Å². The fourth-order valence-corrected chi connectivity index (χ4v) is 3.24. The van der Waals surface area contributed by atoms with Crippen LogP contribution < -0.4 is 15.5 Å². The minimum absolute atomic E-state index is 0.0460. The Morgan fingerprint density at radius 2 is 2.25 bits per heavy atom. The van der Waals surface area contributed by atoms with Gasteiger partial charge in [-0.3, -0.25) is 9.78 Å². The molecule has 0 aliphatic carbocycles. The number of piperidine rings is 1. The number of hydrogen-bond donors (Lipinski definition) is 2. The molecule has 20 heavy (non-hydrogen) atoms. The third-order valence-electron chi connectivity index (χ3n) is 3.29. The highest BCUT2D eigenvalue weighted by Crippen LogP contribution is 2.24. The summed E-state index contributed by atoms with van der Waals surface area (Å²) in [5.74, 6) is 0.552. The first-order valence-electron chi connectivity index (χ1n) is 6.90. The Bertz CT molecular complexity index is 447. The number of nitrogens with one attached hydrogen (secondary N) is 2. The van der Waals surface area contributed by atoms with Gasteiger partial charge in [-0.25, -0.2) is 0 Å². The molecule has 5 nitrogen and oxygen atoms in total. The summed E-state index contributed by atoms with van der Waals surface area (Å²) in [6, 6.07) is 1.90. The third-order valence-corrected chi connectivity index (χ3v) is 4.66. The second kappa shape index (κ2) is 7.50. The second-order valence-corrected chi connectivity index (χ2v) is 6.38. The molecular formula is C14H22N4OS. The molecule has 2 heterocycles. The summed E-state index contributed by atoms with van der Waals surface area (Å²) in [6.45, 7) is 2.12. The van der Waals surface area contributed by atoms with Crippen molar-refractivity contribution in [2.24, 2.45) is 0 Å². The molecule has 1 fully saturated rings. The van der Waals surface area contributed by atoms with Gasteiger partial charge in [-0.2, -0.15) is 0 Å². The molecule has 0 spiro atoms. The number of anilines is 2. The maximum absolute atomic E-state index is 12.0. The smallest absolute Gasteiger partial charge is 0.234 e. The summed E-state index contributed by atoms with van der Waals surface area (Å²) < 4.78 is 0. The molecule has 1 amide bonds. The van der Waals surface area contributed by atoms with Crippen LogP contribution in [-0.2, 0) is 4.79 Å². The van der Waals surface area contributed by atoms with Crippen LogP contribution in [0.2, 0.25) is 0 Å². The number of hydrogen-bond acceptors (Lipinski definition) is 5. The van der Waals surface area contributed by atoms with Gasteiger partial charge in [-0.1, -0.05) is 0 Å². The molecule has 2 rings (SSSR count). The molecule has 0 unspecified atom stereocenters. The summed E-state index contributed by atoms with van der Waals surface area (Å²) in [6.07, 6.45) is 5.72. The largest absolute Gasteiger partial charge is 0.376 e. The van der Waals surface area contributed by atoms with Crippen LogP contribution in [0.4, 0.5) is 11.4 Å². The van der Waals surface area contributed by atoms with Crippen molar-refractivity contribution < 1.29 is 4.79 Å². The molecule has 1 aromatic heterocycles. The molecule has 1 aliphatic heterocycles. The zero-order valence-electron chi connectivity index (χ0n) is 12.1. The van der Waals surface area contributed by atoms with Gasteiger partial charge in [0.2, 0.25) is 5.91 Å². The standard InChI is InChI=1S/C14H22N4OS/c1-18(2)13-5-8-16-9-12(13)17-14(19)10-20-11-3-6-15-7-4-11/h5,8-9,11,15H,3-4,6-7,10H2,1-2H3,(H,17,19). The first-order chi connectivity index (χ1) is 9.66. The van der Waals surface area contributed by atoms with Crippen LogP contribution in [0.25, 0.3) is 0 Å². The van der Waals surface area contributed by atoms with Gasteiger partial charge < -0.3 is 15.5 Å². The van der Waals surface area contributed by atoms with Gasteiger partial charge in [0.05, 0.1) is 23.3 Å². The summed E-state index contributed by atoms with van der Waals surface area (Å²) in [4.78, 5) is 18.1. The van der Waals surface area contributed by atoms with Crippen LogP contribution in [0.15, 0.2) is 18.5 Å². The van der Waals surface area contributed by atoms with Gasteiger partial charge >= 0.3 is 0 Å². The van der Waals surface area contributed by atoms with E-state index in [-0.39, 0.29) is 5.91 Å². The van der Waals surface area contributed by atoms with Gasteiger partial charge in [0.25, 0.3) is 0 Å². The molecule has 0 atom stereocenters. The molecule has 0 radical (unpaired) electrons. The topological polar surface area (TPSA) is 57.3 Å². The van der Waals surface area contributed by atoms with E-state index in [0.29, 0.717) is 11.0 Å². The highest BCUT2D eigenvalue weighted by molar-refractivity contribution is 8.00. The van der Waals surface area contributed by atoms with Crippen LogP contribution in [0.1, 0.15) is 12.8 Å². The van der Waals surface area contributed by atoms with Crippen molar-refractivity contribution in [2.75, 3.05) is 43.2 Å². The lowest BCUT2D eigenvalue weighted by Gasteiger charge is -2.22. The van der Waals surface area contributed by atoms with E-state index in [9.17, 15) is 4.79 Å². The molecule has 1 saturated heterocycles. The average molecular weight is 294 g/mol. The van der Waals surface area contributed by atoms with Crippen molar-refractivity contribution in [3.8, 4) is 0 Å². The Kier molecular flexibility index (Phi) is 5.67. The van der Waals surface area contributed by atoms with Gasteiger partial charge in [-0.15, -0.1) is 11.8 Å². The van der Waals surface area contributed by atoms with E-state index in [4.69, 9.17) is 0 Å². The van der Waals surface area contributed by atoms with E-state index in [1.54, 1.807) is 24.2 Å². The fraction of sp³-hybridized carbons (Fsp3) is 0.571. The Morgan fingerprint density at radius 3 is 2.95 bits per heavy atom. The van der Waals surface area contributed by atoms with E-state index in [1.165, 1.54) is 0 Å². The van der Waals surface area contributed by atoms with E-state index in [1.807, 2.05) is 25.1 Å². The molecule has 6 heteroatoms. The molecular weight excluding hydrogens is 272 g/mol. The van der Waals surface area contributed by atoms with E-state index >= 15 is 0 Å². The van der Waals surface area contributed by atoms with E-state index < -0.39 is 0 Å². The monoisotopic (exact) mass is 294 g/mol. The van der Waals surface area contributed by atoms with E-state index in [0.717, 1.165) is 37.3 Å². The average Bonchev–Trinajstić information content (AvgIpc) is 2.46. The normalized spacial score (nSPS) is 15.9. The van der Waals surface area contributed by atoms with Crippen molar-refractivity contribution in [2.45, 2.75) is 18.1 Å². The predicted octanol–water partition coefficient (Wildman–Crippen LogP) is 1.57. The maximum atomic E-state index is 12.0. The Hall–Kier alpha value is -1.27. The highest BCUT2D eigenvalue weighted by atomic mass is 32.2. The summed E-state index contributed by atoms with van der Waals surface area (Å²) in [5, 5.41) is 6.89. The van der Waals surface area contributed by atoms with Crippen molar-refractivity contribution in [3.63, 3.8) is 0 Å². The summed E-state index contributed by atoms with van der Waals surface area (Å²) >= 11 is 1.75. The zero-order valence-corrected chi connectivity index (χ0v) is 12.9. The van der Waals surface area contributed by atoms with Crippen LogP contribution in [0.5, 0.6) is 0 Å².